The number of alkyl carbamates (subject to hydrolysis) is 1. The van der Waals surface area contributed by atoms with Crippen molar-refractivity contribution in [2.75, 3.05) is 23.3 Å². The van der Waals surface area contributed by atoms with Crippen molar-refractivity contribution in [1.29, 1.82) is 0 Å². The fourth-order valence-electron chi connectivity index (χ4n) is 3.16. The van der Waals surface area contributed by atoms with Crippen molar-refractivity contribution in [3.8, 4) is 0 Å². The molecule has 1 aromatic rings. The van der Waals surface area contributed by atoms with E-state index in [4.69, 9.17) is 14.2 Å². The van der Waals surface area contributed by atoms with Crippen LogP contribution in [0.15, 0.2) is 30.9 Å². The van der Waals surface area contributed by atoms with Crippen LogP contribution in [0.25, 0.3) is 0 Å². The zero-order valence-electron chi connectivity index (χ0n) is 23.5. The van der Waals surface area contributed by atoms with Gasteiger partial charge in [-0.2, -0.15) is 0 Å². The SMILES string of the molecule is C=CCN(CC[C@H](NC(=O)OC(C)(C)C)C(=O)OC(C)(C)C)c1c(F)cccc1NC(=O)OC(C)(C)C. The lowest BCUT2D eigenvalue weighted by molar-refractivity contribution is -0.157. The summed E-state index contributed by atoms with van der Waals surface area (Å²) in [7, 11) is 0. The second kappa shape index (κ2) is 12.8. The Morgan fingerprint density at radius 1 is 0.946 bits per heavy atom. The summed E-state index contributed by atoms with van der Waals surface area (Å²) in [5.74, 6) is -1.25. The van der Waals surface area contributed by atoms with Crippen molar-refractivity contribution < 1.29 is 33.0 Å². The number of rotatable bonds is 9. The molecule has 10 heteroatoms. The number of nitrogens with zero attached hydrogens (tertiary/aromatic N) is 1. The molecule has 1 aromatic carbocycles. The first kappa shape index (κ1) is 31.7. The van der Waals surface area contributed by atoms with Gasteiger partial charge in [-0.25, -0.2) is 18.8 Å². The summed E-state index contributed by atoms with van der Waals surface area (Å²) in [6, 6.07) is 3.19. The van der Waals surface area contributed by atoms with Gasteiger partial charge < -0.3 is 24.4 Å². The molecule has 0 bridgehead atoms. The third kappa shape index (κ3) is 12.5. The van der Waals surface area contributed by atoms with Crippen molar-refractivity contribution in [1.82, 2.24) is 5.32 Å². The molecule has 0 aliphatic carbocycles. The number of hydrogen-bond donors (Lipinski definition) is 2. The lowest BCUT2D eigenvalue weighted by atomic mass is 10.1. The van der Waals surface area contributed by atoms with E-state index in [0.717, 1.165) is 0 Å². The molecule has 1 rings (SSSR count). The minimum atomic E-state index is -1.07. The molecule has 2 amide bonds. The average molecular weight is 524 g/mol. The van der Waals surface area contributed by atoms with Gasteiger partial charge >= 0.3 is 18.2 Å². The maximum absolute atomic E-state index is 15.1. The molecule has 208 valence electrons. The molecule has 37 heavy (non-hydrogen) atoms. The molecule has 0 saturated carbocycles. The Morgan fingerprint density at radius 2 is 1.49 bits per heavy atom. The monoisotopic (exact) mass is 523 g/mol. The second-order valence-electron chi connectivity index (χ2n) is 11.5. The van der Waals surface area contributed by atoms with E-state index in [-0.39, 0.29) is 30.9 Å². The van der Waals surface area contributed by atoms with Crippen LogP contribution in [-0.4, -0.2) is 54.1 Å². The number of benzene rings is 1. The Hall–Kier alpha value is -3.30. The largest absolute Gasteiger partial charge is 0.458 e. The first-order chi connectivity index (χ1) is 16.8. The fraction of sp³-hybridized carbons (Fsp3) is 0.593. The van der Waals surface area contributed by atoms with Crippen LogP contribution in [0.2, 0.25) is 0 Å². The van der Waals surface area contributed by atoms with E-state index in [9.17, 15) is 14.4 Å². The molecule has 2 N–H and O–H groups in total. The summed E-state index contributed by atoms with van der Waals surface area (Å²) in [4.78, 5) is 39.3. The van der Waals surface area contributed by atoms with Gasteiger partial charge in [-0.3, -0.25) is 5.32 Å². The Morgan fingerprint density at radius 3 is 2.00 bits per heavy atom. The second-order valence-corrected chi connectivity index (χ2v) is 11.5. The molecule has 0 unspecified atom stereocenters. The van der Waals surface area contributed by atoms with E-state index >= 15 is 4.39 Å². The van der Waals surface area contributed by atoms with Gasteiger partial charge in [0.05, 0.1) is 11.4 Å². The number of halogens is 1. The van der Waals surface area contributed by atoms with Gasteiger partial charge in [-0.05, 0) is 80.9 Å². The number of carbonyl (C=O) groups excluding carboxylic acids is 3. The third-order valence-corrected chi connectivity index (χ3v) is 4.36. The minimum Gasteiger partial charge on any atom is -0.458 e. The van der Waals surface area contributed by atoms with Gasteiger partial charge in [0.15, 0.2) is 0 Å². The summed E-state index contributed by atoms with van der Waals surface area (Å²) >= 11 is 0. The van der Waals surface area contributed by atoms with E-state index in [1.165, 1.54) is 12.1 Å². The molecular formula is C27H42FN3O6. The summed E-state index contributed by atoms with van der Waals surface area (Å²) in [5.41, 5.74) is -2.03. The molecule has 1 atom stereocenters. The molecule has 9 nitrogen and oxygen atoms in total. The number of nitrogens with one attached hydrogen (secondary N) is 2. The fourth-order valence-corrected chi connectivity index (χ4v) is 3.16. The third-order valence-electron chi connectivity index (χ3n) is 4.36. The minimum absolute atomic E-state index is 0.0577. The lowest BCUT2D eigenvalue weighted by Gasteiger charge is -2.30. The standard InChI is InChI=1S/C27H42FN3O6/c1-11-16-31(21-18(28)13-12-14-19(21)29-23(33)36-26(5,6)7)17-15-20(22(32)35-25(2,3)4)30-24(34)37-27(8,9)10/h11-14,20H,1,15-17H2,2-10H3,(H,29,33)(H,30,34)/t20-/m0/s1. The van der Waals surface area contributed by atoms with E-state index in [1.807, 2.05) is 0 Å². The Labute approximate surface area is 219 Å². The van der Waals surface area contributed by atoms with Gasteiger partial charge in [0.2, 0.25) is 0 Å². The summed E-state index contributed by atoms with van der Waals surface area (Å²) < 4.78 is 31.1. The van der Waals surface area contributed by atoms with Gasteiger partial charge in [-0.1, -0.05) is 12.1 Å². The molecule has 0 aliphatic heterocycles. The van der Waals surface area contributed by atoms with E-state index < -0.39 is 46.8 Å². The maximum Gasteiger partial charge on any atom is 0.412 e. The Kier molecular flexibility index (Phi) is 11.0. The van der Waals surface area contributed by atoms with Crippen molar-refractivity contribution in [2.24, 2.45) is 0 Å². The van der Waals surface area contributed by atoms with Crippen LogP contribution >= 0.6 is 0 Å². The molecule has 0 radical (unpaired) electrons. The smallest absolute Gasteiger partial charge is 0.412 e. The number of amides is 2. The highest BCUT2D eigenvalue weighted by molar-refractivity contribution is 5.90. The van der Waals surface area contributed by atoms with Crippen LogP contribution < -0.4 is 15.5 Å². The van der Waals surface area contributed by atoms with Gasteiger partial charge in [0.1, 0.15) is 28.7 Å². The van der Waals surface area contributed by atoms with E-state index in [1.54, 1.807) is 79.4 Å². The highest BCUT2D eigenvalue weighted by Crippen LogP contribution is 2.30. The van der Waals surface area contributed by atoms with Crippen LogP contribution in [-0.2, 0) is 19.0 Å². The van der Waals surface area contributed by atoms with Crippen LogP contribution in [0.3, 0.4) is 0 Å². The van der Waals surface area contributed by atoms with Crippen molar-refractivity contribution in [3.05, 3.63) is 36.7 Å². The average Bonchev–Trinajstić information content (AvgIpc) is 2.66. The predicted octanol–water partition coefficient (Wildman–Crippen LogP) is 5.79. The van der Waals surface area contributed by atoms with Crippen LogP contribution in [0, 0.1) is 5.82 Å². The van der Waals surface area contributed by atoms with Gasteiger partial charge in [0, 0.05) is 13.1 Å². The number of esters is 1. The predicted molar refractivity (Wildman–Crippen MR) is 142 cm³/mol. The molecule has 0 fully saturated rings. The number of ether oxygens (including phenoxy) is 3. The van der Waals surface area contributed by atoms with Crippen molar-refractivity contribution in [3.63, 3.8) is 0 Å². The number of hydrogen-bond acceptors (Lipinski definition) is 7. The Bertz CT molecular complexity index is 960. The van der Waals surface area contributed by atoms with Crippen molar-refractivity contribution in [2.45, 2.75) is 91.6 Å². The molecule has 0 aliphatic rings. The van der Waals surface area contributed by atoms with E-state index in [2.05, 4.69) is 17.2 Å². The van der Waals surface area contributed by atoms with Crippen LogP contribution in [0.4, 0.5) is 25.4 Å². The van der Waals surface area contributed by atoms with Crippen LogP contribution in [0.5, 0.6) is 0 Å². The molecule has 0 saturated heterocycles. The van der Waals surface area contributed by atoms with E-state index in [0.29, 0.717) is 0 Å². The van der Waals surface area contributed by atoms with Gasteiger partial charge in [0.25, 0.3) is 0 Å². The summed E-state index contributed by atoms with van der Waals surface area (Å²) in [5, 5.41) is 5.15. The molecule has 0 heterocycles. The summed E-state index contributed by atoms with van der Waals surface area (Å²) in [6.45, 7) is 19.5. The van der Waals surface area contributed by atoms with Gasteiger partial charge in [-0.15, -0.1) is 6.58 Å². The molecular weight excluding hydrogens is 481 g/mol. The van der Waals surface area contributed by atoms with Crippen LogP contribution in [0.1, 0.15) is 68.7 Å². The number of carbonyl (C=O) groups is 3. The first-order valence-corrected chi connectivity index (χ1v) is 12.2. The normalized spacial score (nSPS) is 12.7. The number of anilines is 2. The first-order valence-electron chi connectivity index (χ1n) is 12.2. The summed E-state index contributed by atoms with van der Waals surface area (Å²) in [6.07, 6.45) is 0.100. The quantitative estimate of drug-likeness (QED) is 0.240. The number of para-hydroxylation sites is 1. The zero-order chi connectivity index (χ0) is 28.6. The molecule has 0 aromatic heterocycles. The highest BCUT2D eigenvalue weighted by atomic mass is 19.1. The molecule has 0 spiro atoms. The zero-order valence-corrected chi connectivity index (χ0v) is 23.5. The Balaban J connectivity index is 3.22. The van der Waals surface area contributed by atoms with Crippen molar-refractivity contribution >= 4 is 29.5 Å². The highest BCUT2D eigenvalue weighted by Gasteiger charge is 2.30. The lowest BCUT2D eigenvalue weighted by Crippen LogP contribution is -2.47. The topological polar surface area (TPSA) is 106 Å². The maximum atomic E-state index is 15.1.